The maximum Gasteiger partial charge on any atom is 0.197 e. The first-order chi connectivity index (χ1) is 10.7. The zero-order valence-electron chi connectivity index (χ0n) is 12.1. The zero-order valence-corrected chi connectivity index (χ0v) is 12.9. The van der Waals surface area contributed by atoms with Crippen molar-refractivity contribution in [3.05, 3.63) is 59.6 Å². The molecule has 110 valence electrons. The van der Waals surface area contributed by atoms with Crippen molar-refractivity contribution >= 4 is 38.7 Å². The van der Waals surface area contributed by atoms with Crippen molar-refractivity contribution in [1.82, 2.24) is 4.98 Å². The van der Waals surface area contributed by atoms with Crippen molar-refractivity contribution in [3.63, 3.8) is 0 Å². The van der Waals surface area contributed by atoms with Crippen molar-refractivity contribution in [2.75, 3.05) is 5.43 Å². The molecule has 1 heterocycles. The van der Waals surface area contributed by atoms with Gasteiger partial charge in [0.25, 0.3) is 0 Å². The highest BCUT2D eigenvalue weighted by Gasteiger charge is 2.13. The zero-order chi connectivity index (χ0) is 15.4. The van der Waals surface area contributed by atoms with Gasteiger partial charge in [-0.15, -0.1) is 11.3 Å². The Bertz CT molecular complexity index is 791. The Morgan fingerprint density at radius 3 is 2.64 bits per heavy atom. The van der Waals surface area contributed by atoms with E-state index in [1.54, 1.807) is 0 Å². The Morgan fingerprint density at radius 2 is 1.86 bits per heavy atom. The quantitative estimate of drug-likeness (QED) is 0.433. The number of carbonyl (C=O) groups excluding carboxylic acids is 1. The van der Waals surface area contributed by atoms with Crippen LogP contribution in [0.1, 0.15) is 23.1 Å². The largest absolute Gasteiger partial charge is 0.291 e. The Labute approximate surface area is 132 Å². The number of rotatable bonds is 5. The van der Waals surface area contributed by atoms with Crippen LogP contribution in [0.25, 0.3) is 10.2 Å². The van der Waals surface area contributed by atoms with E-state index in [1.807, 2.05) is 61.5 Å². The number of nitrogens with one attached hydrogen (secondary N) is 1. The van der Waals surface area contributed by atoms with Gasteiger partial charge in [0, 0.05) is 5.71 Å². The molecule has 1 aromatic heterocycles. The topological polar surface area (TPSA) is 54.4 Å². The molecule has 0 amide bonds. The van der Waals surface area contributed by atoms with Gasteiger partial charge in [-0.2, -0.15) is 5.10 Å². The molecule has 22 heavy (non-hydrogen) atoms. The van der Waals surface area contributed by atoms with Gasteiger partial charge in [0.05, 0.1) is 22.3 Å². The number of carbonyl (C=O) groups is 1. The van der Waals surface area contributed by atoms with Gasteiger partial charge < -0.3 is 0 Å². The first-order valence-electron chi connectivity index (χ1n) is 6.95. The highest BCUT2D eigenvalue weighted by molar-refractivity contribution is 7.20. The minimum absolute atomic E-state index is 0.00249. The van der Waals surface area contributed by atoms with Gasteiger partial charge in [0.1, 0.15) is 0 Å². The molecule has 0 aliphatic heterocycles. The second kappa shape index (κ2) is 6.49. The molecular formula is C17H15N3OS. The summed E-state index contributed by atoms with van der Waals surface area (Å²) in [6.07, 6.45) is 0.264. The lowest BCUT2D eigenvalue weighted by Gasteiger charge is -2.01. The Morgan fingerprint density at radius 1 is 1.14 bits per heavy atom. The van der Waals surface area contributed by atoms with Gasteiger partial charge in [-0.05, 0) is 31.2 Å². The maximum absolute atomic E-state index is 12.3. The number of hydrazone groups is 1. The molecule has 5 heteroatoms. The number of fused-ring (bicyclic) bond motifs is 1. The van der Waals surface area contributed by atoms with E-state index in [2.05, 4.69) is 15.5 Å². The molecule has 0 saturated carbocycles. The van der Waals surface area contributed by atoms with E-state index in [0.717, 1.165) is 21.6 Å². The molecule has 0 radical (unpaired) electrons. The van der Waals surface area contributed by atoms with Gasteiger partial charge in [0.15, 0.2) is 10.8 Å². The van der Waals surface area contributed by atoms with E-state index in [1.165, 1.54) is 11.3 Å². The van der Waals surface area contributed by atoms with Crippen molar-refractivity contribution in [2.24, 2.45) is 5.10 Å². The second-order valence-electron chi connectivity index (χ2n) is 4.91. The fourth-order valence-electron chi connectivity index (χ4n) is 2.01. The van der Waals surface area contributed by atoms with Crippen molar-refractivity contribution in [2.45, 2.75) is 13.3 Å². The minimum Gasteiger partial charge on any atom is -0.291 e. The number of thiazole rings is 1. The fourth-order valence-corrected chi connectivity index (χ4v) is 2.91. The first kappa shape index (κ1) is 14.4. The summed E-state index contributed by atoms with van der Waals surface area (Å²) in [6, 6.07) is 17.4. The number of hydrogen-bond acceptors (Lipinski definition) is 5. The number of anilines is 1. The predicted molar refractivity (Wildman–Crippen MR) is 91.7 cm³/mol. The second-order valence-corrected chi connectivity index (χ2v) is 5.94. The molecule has 3 aromatic rings. The monoisotopic (exact) mass is 309 g/mol. The third-order valence-electron chi connectivity index (χ3n) is 3.10. The smallest absolute Gasteiger partial charge is 0.197 e. The average Bonchev–Trinajstić information content (AvgIpc) is 2.98. The summed E-state index contributed by atoms with van der Waals surface area (Å²) in [7, 11) is 0. The van der Waals surface area contributed by atoms with Gasteiger partial charge in [-0.1, -0.05) is 30.3 Å². The first-order valence-corrected chi connectivity index (χ1v) is 7.77. The molecule has 1 N–H and O–H groups in total. The lowest BCUT2D eigenvalue weighted by atomic mass is 10.2. The van der Waals surface area contributed by atoms with E-state index in [-0.39, 0.29) is 12.2 Å². The Kier molecular flexibility index (Phi) is 4.25. The summed E-state index contributed by atoms with van der Waals surface area (Å²) in [5.74, 6) is -0.00249. The van der Waals surface area contributed by atoms with Crippen molar-refractivity contribution in [1.29, 1.82) is 0 Å². The molecule has 0 aliphatic carbocycles. The van der Waals surface area contributed by atoms with Crippen LogP contribution in [0.15, 0.2) is 59.7 Å². The molecule has 0 atom stereocenters. The van der Waals surface area contributed by atoms with Crippen LogP contribution in [-0.2, 0) is 0 Å². The van der Waals surface area contributed by atoms with Gasteiger partial charge >= 0.3 is 0 Å². The SMILES string of the molecule is C/C(CC(=O)c1nc2ccccc2s1)=N/Nc1ccccc1. The summed E-state index contributed by atoms with van der Waals surface area (Å²) >= 11 is 1.43. The maximum atomic E-state index is 12.3. The van der Waals surface area contributed by atoms with Crippen LogP contribution in [0.3, 0.4) is 0 Å². The van der Waals surface area contributed by atoms with Crippen LogP contribution in [-0.4, -0.2) is 16.5 Å². The van der Waals surface area contributed by atoms with E-state index < -0.39 is 0 Å². The number of hydrogen-bond donors (Lipinski definition) is 1. The third kappa shape index (κ3) is 3.38. The fraction of sp³-hybridized carbons (Fsp3) is 0.118. The lowest BCUT2D eigenvalue weighted by Crippen LogP contribution is -2.06. The molecule has 0 aliphatic rings. The summed E-state index contributed by atoms with van der Waals surface area (Å²) in [5.41, 5.74) is 5.44. The van der Waals surface area contributed by atoms with Gasteiger partial charge in [-0.25, -0.2) is 4.98 Å². The highest BCUT2D eigenvalue weighted by atomic mass is 32.1. The summed E-state index contributed by atoms with van der Waals surface area (Å²) in [4.78, 5) is 16.7. The van der Waals surface area contributed by atoms with Crippen molar-refractivity contribution in [3.8, 4) is 0 Å². The molecule has 0 spiro atoms. The Balaban J connectivity index is 1.68. The number of aromatic nitrogens is 1. The standard InChI is InChI=1S/C17H15N3OS/c1-12(19-20-13-7-3-2-4-8-13)11-15(21)17-18-14-9-5-6-10-16(14)22-17/h2-10,20H,11H2,1H3/b19-12-. The molecule has 3 rings (SSSR count). The molecular weight excluding hydrogens is 294 g/mol. The van der Waals surface area contributed by atoms with Crippen LogP contribution < -0.4 is 5.43 Å². The summed E-state index contributed by atoms with van der Waals surface area (Å²) in [6.45, 7) is 1.83. The molecule has 4 nitrogen and oxygen atoms in total. The number of ketones is 1. The molecule has 0 fully saturated rings. The van der Waals surface area contributed by atoms with Crippen LogP contribution in [0.4, 0.5) is 5.69 Å². The van der Waals surface area contributed by atoms with E-state index in [4.69, 9.17) is 0 Å². The number of para-hydroxylation sites is 2. The van der Waals surface area contributed by atoms with Crippen LogP contribution in [0, 0.1) is 0 Å². The Hall–Kier alpha value is -2.53. The minimum atomic E-state index is -0.00249. The highest BCUT2D eigenvalue weighted by Crippen LogP contribution is 2.22. The number of nitrogens with zero attached hydrogens (tertiary/aromatic N) is 2. The van der Waals surface area contributed by atoms with Gasteiger partial charge in [0.2, 0.25) is 0 Å². The molecule has 0 bridgehead atoms. The van der Waals surface area contributed by atoms with Crippen LogP contribution in [0.5, 0.6) is 0 Å². The molecule has 0 saturated heterocycles. The molecule has 0 unspecified atom stereocenters. The average molecular weight is 309 g/mol. The lowest BCUT2D eigenvalue weighted by molar-refractivity contribution is 0.100. The normalized spacial score (nSPS) is 11.6. The van der Waals surface area contributed by atoms with Crippen molar-refractivity contribution < 1.29 is 4.79 Å². The van der Waals surface area contributed by atoms with Gasteiger partial charge in [-0.3, -0.25) is 10.2 Å². The number of benzene rings is 2. The predicted octanol–water partition coefficient (Wildman–Crippen LogP) is 4.36. The van der Waals surface area contributed by atoms with Crippen LogP contribution >= 0.6 is 11.3 Å². The summed E-state index contributed by atoms with van der Waals surface area (Å²) in [5, 5.41) is 4.77. The van der Waals surface area contributed by atoms with E-state index >= 15 is 0 Å². The third-order valence-corrected chi connectivity index (χ3v) is 4.18. The number of Topliss-reactive ketones (excluding diaryl/α,β-unsaturated/α-hetero) is 1. The van der Waals surface area contributed by atoms with Crippen LogP contribution in [0.2, 0.25) is 0 Å². The molecule has 2 aromatic carbocycles. The van der Waals surface area contributed by atoms with E-state index in [9.17, 15) is 4.79 Å². The van der Waals surface area contributed by atoms with E-state index in [0.29, 0.717) is 5.01 Å². The summed E-state index contributed by atoms with van der Waals surface area (Å²) < 4.78 is 1.03.